The molecule has 0 N–H and O–H groups in total. The number of rotatable bonds is 16. The van der Waals surface area contributed by atoms with Gasteiger partial charge < -0.3 is 14.4 Å². The van der Waals surface area contributed by atoms with Gasteiger partial charge in [-0.05, 0) is 113 Å². The lowest BCUT2D eigenvalue weighted by Gasteiger charge is -2.17. The first-order valence-corrected chi connectivity index (χ1v) is 14.1. The number of benzene rings is 2. The van der Waals surface area contributed by atoms with Crippen molar-refractivity contribution in [2.45, 2.75) is 79.1 Å². The highest BCUT2D eigenvalue weighted by Crippen LogP contribution is 2.30. The number of aryl methyl sites for hydroxylation is 3. The minimum absolute atomic E-state index is 1.17. The molecular weight excluding hydrogens is 414 g/mol. The van der Waals surface area contributed by atoms with Crippen LogP contribution in [0, 0.1) is 0 Å². The van der Waals surface area contributed by atoms with E-state index in [0.717, 1.165) is 0 Å². The van der Waals surface area contributed by atoms with Gasteiger partial charge in [-0.15, -0.1) is 0 Å². The van der Waals surface area contributed by atoms with Gasteiger partial charge in [0.15, 0.2) is 0 Å². The molecule has 0 spiro atoms. The number of hydrogen-bond donors (Lipinski definition) is 0. The molecule has 3 rings (SSSR count). The second-order valence-electron chi connectivity index (χ2n) is 9.94. The van der Waals surface area contributed by atoms with E-state index in [1.807, 2.05) is 0 Å². The fourth-order valence-corrected chi connectivity index (χ4v) is 5.39. The highest BCUT2D eigenvalue weighted by Gasteiger charge is 2.10. The maximum atomic E-state index is 2.53. The number of nitrogens with zero attached hydrogens (tertiary/aromatic N) is 3. The third kappa shape index (κ3) is 7.09. The summed E-state index contributed by atoms with van der Waals surface area (Å²) in [5.41, 5.74) is 5.70. The van der Waals surface area contributed by atoms with Gasteiger partial charge in [-0.25, -0.2) is 0 Å². The zero-order valence-corrected chi connectivity index (χ0v) is 22.7. The molecule has 3 heteroatoms. The van der Waals surface area contributed by atoms with E-state index in [1.165, 1.54) is 124 Å². The van der Waals surface area contributed by atoms with Crippen molar-refractivity contribution in [2.24, 2.45) is 7.05 Å². The van der Waals surface area contributed by atoms with Crippen molar-refractivity contribution < 1.29 is 0 Å². The Kier molecular flexibility index (Phi) is 10.9. The Morgan fingerprint density at radius 1 is 0.559 bits per heavy atom. The summed E-state index contributed by atoms with van der Waals surface area (Å²) in [5, 5.41) is 2.86. The standard InChI is InChI=1S/C31H49N3/c1-6-33(7-2)22-14-10-12-16-26-18-20-30-28(24-26)29-25-27(19-21-31(29)32(30)5)17-13-11-15-23-34(8-3)9-4/h18-21,24-25H,6-17,22-23H2,1-5H3. The first-order chi connectivity index (χ1) is 16.6. The van der Waals surface area contributed by atoms with Gasteiger partial charge in [0.25, 0.3) is 0 Å². The Hall–Kier alpha value is -1.84. The van der Waals surface area contributed by atoms with Gasteiger partial charge in [-0.3, -0.25) is 0 Å². The second-order valence-corrected chi connectivity index (χ2v) is 9.94. The van der Waals surface area contributed by atoms with E-state index >= 15 is 0 Å². The molecule has 0 unspecified atom stereocenters. The smallest absolute Gasteiger partial charge is 0.0488 e. The summed E-state index contributed by atoms with van der Waals surface area (Å²) in [4.78, 5) is 5.07. The average Bonchev–Trinajstić information content (AvgIpc) is 3.14. The Bertz CT molecular complexity index is 915. The molecule has 1 aromatic heterocycles. The summed E-state index contributed by atoms with van der Waals surface area (Å²) in [6.45, 7) is 16.2. The summed E-state index contributed by atoms with van der Waals surface area (Å²) in [5.74, 6) is 0. The van der Waals surface area contributed by atoms with Gasteiger partial charge in [0.05, 0.1) is 0 Å². The Morgan fingerprint density at radius 3 is 1.35 bits per heavy atom. The van der Waals surface area contributed by atoms with Crippen LogP contribution in [0.1, 0.15) is 77.3 Å². The molecule has 0 atom stereocenters. The van der Waals surface area contributed by atoms with Crippen molar-refractivity contribution in [3.05, 3.63) is 47.5 Å². The minimum Gasteiger partial charge on any atom is -0.344 e. The van der Waals surface area contributed by atoms with Gasteiger partial charge >= 0.3 is 0 Å². The van der Waals surface area contributed by atoms with Crippen LogP contribution < -0.4 is 0 Å². The van der Waals surface area contributed by atoms with Crippen LogP contribution >= 0.6 is 0 Å². The molecule has 0 bridgehead atoms. The average molecular weight is 464 g/mol. The molecule has 0 aliphatic carbocycles. The van der Waals surface area contributed by atoms with E-state index < -0.39 is 0 Å². The lowest BCUT2D eigenvalue weighted by molar-refractivity contribution is 0.296. The highest BCUT2D eigenvalue weighted by atomic mass is 15.1. The molecule has 34 heavy (non-hydrogen) atoms. The van der Waals surface area contributed by atoms with Crippen LogP contribution in [-0.4, -0.2) is 53.6 Å². The van der Waals surface area contributed by atoms with E-state index in [0.29, 0.717) is 0 Å². The molecule has 0 saturated carbocycles. The predicted octanol–water partition coefficient (Wildman–Crippen LogP) is 7.44. The van der Waals surface area contributed by atoms with Gasteiger partial charge in [-0.1, -0.05) is 52.7 Å². The third-order valence-corrected chi connectivity index (χ3v) is 7.80. The molecule has 1 heterocycles. The summed E-state index contributed by atoms with van der Waals surface area (Å²) in [6, 6.07) is 14.3. The van der Waals surface area contributed by atoms with Gasteiger partial charge in [0, 0.05) is 28.9 Å². The molecule has 188 valence electrons. The largest absolute Gasteiger partial charge is 0.344 e. The molecule has 0 fully saturated rings. The maximum absolute atomic E-state index is 2.53. The fourth-order valence-electron chi connectivity index (χ4n) is 5.39. The van der Waals surface area contributed by atoms with Crippen LogP contribution in [0.3, 0.4) is 0 Å². The first kappa shape index (κ1) is 26.8. The van der Waals surface area contributed by atoms with Gasteiger partial charge in [-0.2, -0.15) is 0 Å². The summed E-state index contributed by atoms with van der Waals surface area (Å²) < 4.78 is 2.37. The number of aromatic nitrogens is 1. The van der Waals surface area contributed by atoms with E-state index in [1.54, 1.807) is 0 Å². The Morgan fingerprint density at radius 2 is 0.971 bits per heavy atom. The Balaban J connectivity index is 1.60. The molecule has 3 aromatic rings. The van der Waals surface area contributed by atoms with Crippen molar-refractivity contribution in [1.82, 2.24) is 14.4 Å². The monoisotopic (exact) mass is 463 g/mol. The van der Waals surface area contributed by atoms with Crippen LogP contribution in [-0.2, 0) is 19.9 Å². The molecule has 0 radical (unpaired) electrons. The highest BCUT2D eigenvalue weighted by molar-refractivity contribution is 6.08. The van der Waals surface area contributed by atoms with Crippen molar-refractivity contribution in [3.8, 4) is 0 Å². The topological polar surface area (TPSA) is 11.4 Å². The van der Waals surface area contributed by atoms with E-state index in [9.17, 15) is 0 Å². The second kappa shape index (κ2) is 13.9. The minimum atomic E-state index is 1.17. The lowest BCUT2D eigenvalue weighted by atomic mass is 10.0. The molecular formula is C31H49N3. The lowest BCUT2D eigenvalue weighted by Crippen LogP contribution is -2.23. The molecule has 0 amide bonds. The fraction of sp³-hybridized carbons (Fsp3) is 0.613. The van der Waals surface area contributed by atoms with Crippen molar-refractivity contribution in [3.63, 3.8) is 0 Å². The van der Waals surface area contributed by atoms with Crippen molar-refractivity contribution >= 4 is 21.8 Å². The zero-order valence-electron chi connectivity index (χ0n) is 22.7. The van der Waals surface area contributed by atoms with Gasteiger partial charge in [0.2, 0.25) is 0 Å². The summed E-state index contributed by atoms with van der Waals surface area (Å²) >= 11 is 0. The van der Waals surface area contributed by atoms with Crippen LogP contribution in [0.4, 0.5) is 0 Å². The molecule has 0 aliphatic heterocycles. The third-order valence-electron chi connectivity index (χ3n) is 7.80. The quantitative estimate of drug-likeness (QED) is 0.204. The maximum Gasteiger partial charge on any atom is 0.0488 e. The molecule has 2 aromatic carbocycles. The SMILES string of the molecule is CCN(CC)CCCCCc1ccc2c(c1)c1cc(CCCCCN(CC)CC)ccc1n2C. The zero-order chi connectivity index (χ0) is 24.3. The summed E-state index contributed by atoms with van der Waals surface area (Å²) in [7, 11) is 2.21. The van der Waals surface area contributed by atoms with Crippen molar-refractivity contribution in [2.75, 3.05) is 39.3 Å². The Labute approximate surface area is 209 Å². The van der Waals surface area contributed by atoms with E-state index in [-0.39, 0.29) is 0 Å². The van der Waals surface area contributed by atoms with Crippen LogP contribution in [0.25, 0.3) is 21.8 Å². The predicted molar refractivity (Wildman–Crippen MR) is 151 cm³/mol. The molecule has 3 nitrogen and oxygen atoms in total. The number of fused-ring (bicyclic) bond motifs is 3. The number of hydrogen-bond acceptors (Lipinski definition) is 2. The van der Waals surface area contributed by atoms with Crippen LogP contribution in [0.5, 0.6) is 0 Å². The molecule has 0 aliphatic rings. The van der Waals surface area contributed by atoms with E-state index in [4.69, 9.17) is 0 Å². The van der Waals surface area contributed by atoms with E-state index in [2.05, 4.69) is 85.5 Å². The first-order valence-electron chi connectivity index (χ1n) is 14.1. The number of unbranched alkanes of at least 4 members (excludes halogenated alkanes) is 4. The summed E-state index contributed by atoms with van der Waals surface area (Å²) in [6.07, 6.45) is 10.2. The van der Waals surface area contributed by atoms with Crippen LogP contribution in [0.15, 0.2) is 36.4 Å². The van der Waals surface area contributed by atoms with Crippen LogP contribution in [0.2, 0.25) is 0 Å². The van der Waals surface area contributed by atoms with Gasteiger partial charge in [0.1, 0.15) is 0 Å². The molecule has 0 saturated heterocycles. The normalized spacial score (nSPS) is 12.1. The van der Waals surface area contributed by atoms with Crippen molar-refractivity contribution in [1.29, 1.82) is 0 Å².